The highest BCUT2D eigenvalue weighted by Crippen LogP contribution is 2.27. The summed E-state index contributed by atoms with van der Waals surface area (Å²) in [7, 11) is 0. The first-order valence-corrected chi connectivity index (χ1v) is 6.00. The van der Waals surface area contributed by atoms with Crippen LogP contribution >= 0.6 is 11.6 Å². The molecule has 88 valence electrons. The normalized spacial score (nSPS) is 16.5. The minimum atomic E-state index is 0.660. The Kier molecular flexibility index (Phi) is 4.04. The van der Waals surface area contributed by atoms with Gasteiger partial charge in [0.1, 0.15) is 0 Å². The predicted octanol–water partition coefficient (Wildman–Crippen LogP) is 1.68. The molecule has 0 atom stereocenters. The monoisotopic (exact) mass is 240 g/mol. The van der Waals surface area contributed by atoms with Crippen molar-refractivity contribution in [3.63, 3.8) is 0 Å². The van der Waals surface area contributed by atoms with Crippen LogP contribution in [0.15, 0.2) is 18.2 Å². The number of anilines is 1. The first-order chi connectivity index (χ1) is 7.81. The molecule has 0 saturated carbocycles. The number of rotatable bonds is 3. The van der Waals surface area contributed by atoms with Crippen molar-refractivity contribution in [2.75, 3.05) is 37.7 Å². The van der Waals surface area contributed by atoms with E-state index in [1.165, 1.54) is 5.56 Å². The molecule has 1 aliphatic rings. The lowest BCUT2D eigenvalue weighted by molar-refractivity contribution is 0.122. The molecule has 0 unspecified atom stereocenters. The Hall–Kier alpha value is -0.770. The highest BCUT2D eigenvalue weighted by atomic mass is 35.5. The summed E-state index contributed by atoms with van der Waals surface area (Å²) < 4.78 is 5.32. The van der Waals surface area contributed by atoms with Gasteiger partial charge in [0.15, 0.2) is 0 Å². The average Bonchev–Trinajstić information content (AvgIpc) is 2.31. The van der Waals surface area contributed by atoms with E-state index in [1.54, 1.807) is 0 Å². The van der Waals surface area contributed by atoms with Gasteiger partial charge in [0.05, 0.1) is 23.9 Å². The number of ether oxygens (including phenoxy) is 1. The molecule has 0 bridgehead atoms. The van der Waals surface area contributed by atoms with Crippen molar-refractivity contribution >= 4 is 17.3 Å². The number of nitrogens with two attached hydrogens (primary N) is 1. The molecule has 4 heteroatoms. The third-order valence-electron chi connectivity index (χ3n) is 2.80. The first kappa shape index (κ1) is 11.7. The lowest BCUT2D eigenvalue weighted by Gasteiger charge is -2.29. The van der Waals surface area contributed by atoms with E-state index in [2.05, 4.69) is 17.0 Å². The molecule has 2 N–H and O–H groups in total. The molecule has 1 fully saturated rings. The van der Waals surface area contributed by atoms with Crippen LogP contribution in [0.2, 0.25) is 5.02 Å². The van der Waals surface area contributed by atoms with Gasteiger partial charge in [-0.2, -0.15) is 0 Å². The topological polar surface area (TPSA) is 38.5 Å². The Morgan fingerprint density at radius 3 is 2.69 bits per heavy atom. The van der Waals surface area contributed by atoms with E-state index >= 15 is 0 Å². The Bertz CT molecular complexity index is 351. The van der Waals surface area contributed by atoms with E-state index in [4.69, 9.17) is 22.1 Å². The quantitative estimate of drug-likeness (QED) is 0.874. The van der Waals surface area contributed by atoms with Gasteiger partial charge in [0.25, 0.3) is 0 Å². The van der Waals surface area contributed by atoms with Gasteiger partial charge in [-0.25, -0.2) is 0 Å². The molecule has 0 aliphatic carbocycles. The molecule has 1 aliphatic heterocycles. The van der Waals surface area contributed by atoms with E-state index in [0.717, 1.165) is 43.4 Å². The second-order valence-corrected chi connectivity index (χ2v) is 4.33. The van der Waals surface area contributed by atoms with Crippen molar-refractivity contribution in [2.45, 2.75) is 6.42 Å². The molecule has 3 nitrogen and oxygen atoms in total. The molecular weight excluding hydrogens is 224 g/mol. The Labute approximate surface area is 101 Å². The highest BCUT2D eigenvalue weighted by Gasteiger charge is 2.13. The summed E-state index contributed by atoms with van der Waals surface area (Å²) in [6.07, 6.45) is 0.878. The van der Waals surface area contributed by atoms with Crippen LogP contribution in [-0.2, 0) is 11.2 Å². The number of benzene rings is 1. The third-order valence-corrected chi connectivity index (χ3v) is 3.10. The standard InChI is InChI=1S/C12H17ClN2O/c13-11-9-10(3-4-14)1-2-12(11)15-5-7-16-8-6-15/h1-2,9H,3-8,14H2. The molecule has 0 aromatic heterocycles. The third kappa shape index (κ3) is 2.67. The zero-order valence-electron chi connectivity index (χ0n) is 9.29. The molecule has 1 aromatic rings. The number of nitrogens with zero attached hydrogens (tertiary/aromatic N) is 1. The summed E-state index contributed by atoms with van der Waals surface area (Å²) in [5, 5.41) is 0.813. The minimum absolute atomic E-state index is 0.660. The fraction of sp³-hybridized carbons (Fsp3) is 0.500. The lowest BCUT2D eigenvalue weighted by atomic mass is 10.1. The minimum Gasteiger partial charge on any atom is -0.378 e. The average molecular weight is 241 g/mol. The van der Waals surface area contributed by atoms with Crippen molar-refractivity contribution in [3.05, 3.63) is 28.8 Å². The van der Waals surface area contributed by atoms with Gasteiger partial charge < -0.3 is 15.4 Å². The van der Waals surface area contributed by atoms with Gasteiger partial charge in [-0.05, 0) is 30.7 Å². The van der Waals surface area contributed by atoms with Crippen molar-refractivity contribution in [1.82, 2.24) is 0 Å². The first-order valence-electron chi connectivity index (χ1n) is 5.62. The van der Waals surface area contributed by atoms with Crippen LogP contribution in [0.5, 0.6) is 0 Å². The van der Waals surface area contributed by atoms with Crippen molar-refractivity contribution in [3.8, 4) is 0 Å². The molecule has 1 saturated heterocycles. The molecule has 0 radical (unpaired) electrons. The van der Waals surface area contributed by atoms with E-state index in [1.807, 2.05) is 6.07 Å². The molecule has 1 aromatic carbocycles. The maximum Gasteiger partial charge on any atom is 0.0642 e. The van der Waals surface area contributed by atoms with Crippen molar-refractivity contribution in [1.29, 1.82) is 0 Å². The van der Waals surface area contributed by atoms with Gasteiger partial charge in [-0.3, -0.25) is 0 Å². The Morgan fingerprint density at radius 1 is 1.31 bits per heavy atom. The number of hydrogen-bond donors (Lipinski definition) is 1. The van der Waals surface area contributed by atoms with Crippen molar-refractivity contribution < 1.29 is 4.74 Å². The SMILES string of the molecule is NCCc1ccc(N2CCOCC2)c(Cl)c1. The molecular formula is C12H17ClN2O. The van der Waals surface area contributed by atoms with Crippen LogP contribution in [0, 0.1) is 0 Å². The fourth-order valence-corrected chi connectivity index (χ4v) is 2.26. The molecule has 16 heavy (non-hydrogen) atoms. The number of morpholine rings is 1. The van der Waals surface area contributed by atoms with Gasteiger partial charge >= 0.3 is 0 Å². The van der Waals surface area contributed by atoms with E-state index in [9.17, 15) is 0 Å². The zero-order chi connectivity index (χ0) is 11.4. The highest BCUT2D eigenvalue weighted by molar-refractivity contribution is 6.33. The lowest BCUT2D eigenvalue weighted by Crippen LogP contribution is -2.36. The van der Waals surface area contributed by atoms with E-state index < -0.39 is 0 Å². The summed E-state index contributed by atoms with van der Waals surface area (Å²) in [6, 6.07) is 6.20. The van der Waals surface area contributed by atoms with Crippen LogP contribution in [0.3, 0.4) is 0 Å². The van der Waals surface area contributed by atoms with Crippen LogP contribution in [0.4, 0.5) is 5.69 Å². The van der Waals surface area contributed by atoms with Crippen LogP contribution in [0.1, 0.15) is 5.56 Å². The number of halogens is 1. The van der Waals surface area contributed by atoms with E-state index in [0.29, 0.717) is 6.54 Å². The largest absolute Gasteiger partial charge is 0.378 e. The summed E-state index contributed by atoms with van der Waals surface area (Å²) in [4.78, 5) is 2.26. The predicted molar refractivity (Wildman–Crippen MR) is 67.2 cm³/mol. The smallest absolute Gasteiger partial charge is 0.0642 e. The second kappa shape index (κ2) is 5.53. The summed E-state index contributed by atoms with van der Waals surface area (Å²) in [6.45, 7) is 4.04. The molecule has 0 amide bonds. The molecule has 2 rings (SSSR count). The molecule has 1 heterocycles. The Morgan fingerprint density at radius 2 is 2.06 bits per heavy atom. The number of hydrogen-bond acceptors (Lipinski definition) is 3. The maximum absolute atomic E-state index is 6.28. The fourth-order valence-electron chi connectivity index (χ4n) is 1.93. The Balaban J connectivity index is 2.14. The van der Waals surface area contributed by atoms with Gasteiger partial charge in [-0.15, -0.1) is 0 Å². The van der Waals surface area contributed by atoms with E-state index in [-0.39, 0.29) is 0 Å². The van der Waals surface area contributed by atoms with Crippen LogP contribution in [0.25, 0.3) is 0 Å². The van der Waals surface area contributed by atoms with Crippen LogP contribution in [-0.4, -0.2) is 32.8 Å². The summed E-state index contributed by atoms with van der Waals surface area (Å²) in [5.41, 5.74) is 7.82. The van der Waals surface area contributed by atoms with Crippen molar-refractivity contribution in [2.24, 2.45) is 5.73 Å². The van der Waals surface area contributed by atoms with Gasteiger partial charge in [0, 0.05) is 13.1 Å². The summed E-state index contributed by atoms with van der Waals surface area (Å²) >= 11 is 6.28. The van der Waals surface area contributed by atoms with Crippen LogP contribution < -0.4 is 10.6 Å². The second-order valence-electron chi connectivity index (χ2n) is 3.92. The molecule has 0 spiro atoms. The summed E-state index contributed by atoms with van der Waals surface area (Å²) in [5.74, 6) is 0. The van der Waals surface area contributed by atoms with Gasteiger partial charge in [0.2, 0.25) is 0 Å². The van der Waals surface area contributed by atoms with Gasteiger partial charge in [-0.1, -0.05) is 17.7 Å². The zero-order valence-corrected chi connectivity index (χ0v) is 10.0. The maximum atomic E-state index is 6.28.